The number of hydrogen-bond acceptors (Lipinski definition) is 3. The summed E-state index contributed by atoms with van der Waals surface area (Å²) in [6, 6.07) is 5.52. The molecule has 1 aromatic carbocycles. The highest BCUT2D eigenvalue weighted by Gasteiger charge is 2.10. The van der Waals surface area contributed by atoms with Crippen LogP contribution in [0.25, 0.3) is 0 Å². The predicted molar refractivity (Wildman–Crippen MR) is 80.0 cm³/mol. The van der Waals surface area contributed by atoms with Gasteiger partial charge in [0.25, 0.3) is 0 Å². The molecule has 0 fully saturated rings. The SMILES string of the molecule is Fc1cc(NCc2ncc(Br)cc2Br)ccc1OC(F)F. The van der Waals surface area contributed by atoms with Gasteiger partial charge in [-0.3, -0.25) is 4.98 Å². The lowest BCUT2D eigenvalue weighted by molar-refractivity contribution is -0.0521. The molecule has 0 bridgehead atoms. The molecule has 112 valence electrons. The summed E-state index contributed by atoms with van der Waals surface area (Å²) >= 11 is 6.66. The topological polar surface area (TPSA) is 34.2 Å². The minimum absolute atomic E-state index is 0.350. The summed E-state index contributed by atoms with van der Waals surface area (Å²) in [6.45, 7) is -2.70. The quantitative estimate of drug-likeness (QED) is 0.735. The van der Waals surface area contributed by atoms with E-state index in [1.165, 1.54) is 6.07 Å². The van der Waals surface area contributed by atoms with Gasteiger partial charge in [0.1, 0.15) is 0 Å². The molecular weight excluding hydrogens is 417 g/mol. The number of ether oxygens (including phenoxy) is 1. The second-order valence-electron chi connectivity index (χ2n) is 3.96. The molecule has 0 aliphatic carbocycles. The number of benzene rings is 1. The number of anilines is 1. The molecule has 3 nitrogen and oxygen atoms in total. The maximum absolute atomic E-state index is 13.5. The van der Waals surface area contributed by atoms with Crippen LogP contribution in [-0.4, -0.2) is 11.6 Å². The third-order valence-corrected chi connectivity index (χ3v) is 3.61. The van der Waals surface area contributed by atoms with Crippen molar-refractivity contribution in [2.24, 2.45) is 0 Å². The molecule has 0 atom stereocenters. The van der Waals surface area contributed by atoms with Gasteiger partial charge in [-0.1, -0.05) is 0 Å². The van der Waals surface area contributed by atoms with E-state index in [2.05, 4.69) is 46.9 Å². The zero-order chi connectivity index (χ0) is 15.4. The number of hydrogen-bond donors (Lipinski definition) is 1. The predicted octanol–water partition coefficient (Wildman–Crippen LogP) is 4.96. The Hall–Kier alpha value is -1.28. The maximum atomic E-state index is 13.5. The Kier molecular flexibility index (Phi) is 5.46. The van der Waals surface area contributed by atoms with Crippen LogP contribution in [-0.2, 0) is 6.54 Å². The first-order chi connectivity index (χ1) is 9.95. The summed E-state index contributed by atoms with van der Waals surface area (Å²) < 4.78 is 43.2. The van der Waals surface area contributed by atoms with Crippen LogP contribution in [0.2, 0.25) is 0 Å². The minimum Gasteiger partial charge on any atom is -0.432 e. The Bertz CT molecular complexity index is 641. The number of nitrogens with zero attached hydrogens (tertiary/aromatic N) is 1. The second kappa shape index (κ2) is 7.13. The normalized spacial score (nSPS) is 10.8. The third kappa shape index (κ3) is 4.60. The average molecular weight is 426 g/mol. The van der Waals surface area contributed by atoms with E-state index in [9.17, 15) is 13.2 Å². The highest BCUT2D eigenvalue weighted by Crippen LogP contribution is 2.24. The molecule has 0 saturated carbocycles. The van der Waals surface area contributed by atoms with E-state index in [-0.39, 0.29) is 0 Å². The van der Waals surface area contributed by atoms with Gasteiger partial charge in [-0.25, -0.2) is 4.39 Å². The van der Waals surface area contributed by atoms with Crippen molar-refractivity contribution in [2.75, 3.05) is 5.32 Å². The monoisotopic (exact) mass is 424 g/mol. The largest absolute Gasteiger partial charge is 0.432 e. The summed E-state index contributed by atoms with van der Waals surface area (Å²) in [4.78, 5) is 4.20. The molecule has 1 heterocycles. The molecule has 2 rings (SSSR count). The molecule has 1 aromatic heterocycles. The van der Waals surface area contributed by atoms with Crippen molar-refractivity contribution < 1.29 is 17.9 Å². The van der Waals surface area contributed by atoms with E-state index in [1.54, 1.807) is 6.20 Å². The Labute approximate surface area is 135 Å². The lowest BCUT2D eigenvalue weighted by Gasteiger charge is -2.10. The highest BCUT2D eigenvalue weighted by atomic mass is 79.9. The van der Waals surface area contributed by atoms with Crippen LogP contribution in [0.3, 0.4) is 0 Å². The van der Waals surface area contributed by atoms with Crippen LogP contribution >= 0.6 is 31.9 Å². The lowest BCUT2D eigenvalue weighted by Crippen LogP contribution is -2.05. The fourth-order valence-electron chi connectivity index (χ4n) is 1.56. The Balaban J connectivity index is 2.05. The van der Waals surface area contributed by atoms with Crippen molar-refractivity contribution in [1.29, 1.82) is 0 Å². The molecular formula is C13H9Br2F3N2O. The smallest absolute Gasteiger partial charge is 0.387 e. The second-order valence-corrected chi connectivity index (χ2v) is 5.73. The number of rotatable bonds is 5. The summed E-state index contributed by atoms with van der Waals surface area (Å²) in [5, 5.41) is 2.95. The number of alkyl halides is 2. The van der Waals surface area contributed by atoms with E-state index >= 15 is 0 Å². The third-order valence-electron chi connectivity index (χ3n) is 2.49. The van der Waals surface area contributed by atoms with Crippen LogP contribution in [0.15, 0.2) is 39.4 Å². The molecule has 0 aliphatic rings. The molecule has 21 heavy (non-hydrogen) atoms. The zero-order valence-corrected chi connectivity index (χ0v) is 13.6. The number of pyridine rings is 1. The molecule has 0 unspecified atom stereocenters. The van der Waals surface area contributed by atoms with Gasteiger partial charge in [0.15, 0.2) is 11.6 Å². The molecule has 8 heteroatoms. The van der Waals surface area contributed by atoms with E-state index in [0.29, 0.717) is 12.2 Å². The number of nitrogens with one attached hydrogen (secondary N) is 1. The van der Waals surface area contributed by atoms with E-state index in [1.807, 2.05) is 6.07 Å². The van der Waals surface area contributed by atoms with E-state index < -0.39 is 18.2 Å². The van der Waals surface area contributed by atoms with E-state index in [0.717, 1.165) is 26.8 Å². The van der Waals surface area contributed by atoms with Crippen molar-refractivity contribution in [2.45, 2.75) is 13.2 Å². The van der Waals surface area contributed by atoms with Crippen molar-refractivity contribution >= 4 is 37.5 Å². The highest BCUT2D eigenvalue weighted by molar-refractivity contribution is 9.11. The van der Waals surface area contributed by atoms with Crippen molar-refractivity contribution in [3.8, 4) is 5.75 Å². The summed E-state index contributed by atoms with van der Waals surface area (Å²) in [5.74, 6) is -1.35. The van der Waals surface area contributed by atoms with Gasteiger partial charge >= 0.3 is 6.61 Å². The molecule has 0 spiro atoms. The minimum atomic E-state index is -3.05. The van der Waals surface area contributed by atoms with Gasteiger partial charge in [0.2, 0.25) is 0 Å². The Morgan fingerprint density at radius 3 is 2.62 bits per heavy atom. The number of halogens is 5. The molecule has 1 N–H and O–H groups in total. The van der Waals surface area contributed by atoms with Gasteiger partial charge in [0, 0.05) is 26.9 Å². The summed E-state index contributed by atoms with van der Waals surface area (Å²) in [5.41, 5.74) is 1.16. The molecule has 2 aromatic rings. The average Bonchev–Trinajstić information content (AvgIpc) is 2.40. The van der Waals surface area contributed by atoms with Gasteiger partial charge in [-0.2, -0.15) is 8.78 Å². The van der Waals surface area contributed by atoms with Crippen LogP contribution in [0.4, 0.5) is 18.9 Å². The number of aromatic nitrogens is 1. The molecule has 0 amide bonds. The van der Waals surface area contributed by atoms with Crippen LogP contribution in [0, 0.1) is 5.82 Å². The summed E-state index contributed by atoms with van der Waals surface area (Å²) in [6.07, 6.45) is 1.64. The van der Waals surface area contributed by atoms with Gasteiger partial charge in [0.05, 0.1) is 12.2 Å². The van der Waals surface area contributed by atoms with Crippen LogP contribution in [0.5, 0.6) is 5.75 Å². The first-order valence-electron chi connectivity index (χ1n) is 5.74. The zero-order valence-electron chi connectivity index (χ0n) is 10.4. The maximum Gasteiger partial charge on any atom is 0.387 e. The Morgan fingerprint density at radius 2 is 2.00 bits per heavy atom. The summed E-state index contributed by atoms with van der Waals surface area (Å²) in [7, 11) is 0. The molecule has 0 aliphatic heterocycles. The van der Waals surface area contributed by atoms with Gasteiger partial charge < -0.3 is 10.1 Å². The van der Waals surface area contributed by atoms with Crippen LogP contribution < -0.4 is 10.1 Å². The van der Waals surface area contributed by atoms with E-state index in [4.69, 9.17) is 0 Å². The lowest BCUT2D eigenvalue weighted by atomic mass is 10.2. The standard InChI is InChI=1S/C13H9Br2F3N2O/c14-7-3-9(15)11(20-5-7)6-19-8-1-2-12(10(16)4-8)21-13(17)18/h1-5,13,19H,6H2. The Morgan fingerprint density at radius 1 is 1.24 bits per heavy atom. The van der Waals surface area contributed by atoms with Crippen molar-refractivity contribution in [3.63, 3.8) is 0 Å². The fourth-order valence-corrected chi connectivity index (χ4v) is 2.69. The van der Waals surface area contributed by atoms with Gasteiger partial charge in [-0.05, 0) is 50.1 Å². The van der Waals surface area contributed by atoms with Crippen molar-refractivity contribution in [1.82, 2.24) is 4.98 Å². The van der Waals surface area contributed by atoms with Gasteiger partial charge in [-0.15, -0.1) is 0 Å². The first kappa shape index (κ1) is 16.1. The van der Waals surface area contributed by atoms with Crippen molar-refractivity contribution in [3.05, 3.63) is 50.9 Å². The fraction of sp³-hybridized carbons (Fsp3) is 0.154. The molecule has 0 saturated heterocycles. The van der Waals surface area contributed by atoms with Crippen LogP contribution in [0.1, 0.15) is 5.69 Å². The molecule has 0 radical (unpaired) electrons. The first-order valence-corrected chi connectivity index (χ1v) is 7.32.